The highest BCUT2D eigenvalue weighted by Crippen LogP contribution is 2.15. The number of nitrogens with zero attached hydrogens (tertiary/aromatic N) is 1. The normalized spacial score (nSPS) is 11.3. The summed E-state index contributed by atoms with van der Waals surface area (Å²) in [6.07, 6.45) is 0. The van der Waals surface area contributed by atoms with Gasteiger partial charge in [0.05, 0.1) is 11.2 Å². The van der Waals surface area contributed by atoms with Crippen LogP contribution in [0.1, 0.15) is 25.1 Å². The van der Waals surface area contributed by atoms with Crippen LogP contribution < -0.4 is 11.1 Å². The van der Waals surface area contributed by atoms with Crippen molar-refractivity contribution in [3.63, 3.8) is 0 Å². The molecule has 0 aliphatic heterocycles. The number of anilines is 1. The summed E-state index contributed by atoms with van der Waals surface area (Å²) in [7, 11) is 1.68. The van der Waals surface area contributed by atoms with Gasteiger partial charge >= 0.3 is 0 Å². The molecule has 0 fully saturated rings. The lowest BCUT2D eigenvalue weighted by Crippen LogP contribution is -2.33. The Morgan fingerprint density at radius 2 is 2.18 bits per heavy atom. The molecule has 0 saturated heterocycles. The van der Waals surface area contributed by atoms with Crippen molar-refractivity contribution >= 4 is 23.0 Å². The highest BCUT2D eigenvalue weighted by atomic mass is 32.1. The summed E-state index contributed by atoms with van der Waals surface area (Å²) in [6.45, 7) is 6.55. The van der Waals surface area contributed by atoms with E-state index in [1.54, 1.807) is 7.11 Å². The van der Waals surface area contributed by atoms with Crippen LogP contribution in [0.25, 0.3) is 0 Å². The first kappa shape index (κ1) is 13.9. The van der Waals surface area contributed by atoms with Crippen LogP contribution in [0.15, 0.2) is 12.1 Å². The average molecular weight is 253 g/mol. The van der Waals surface area contributed by atoms with E-state index in [4.69, 9.17) is 22.7 Å². The first-order valence-corrected chi connectivity index (χ1v) is 5.83. The van der Waals surface area contributed by atoms with Gasteiger partial charge in [-0.1, -0.05) is 12.2 Å². The molecule has 4 nitrogen and oxygen atoms in total. The van der Waals surface area contributed by atoms with Gasteiger partial charge in [-0.25, -0.2) is 4.98 Å². The maximum atomic E-state index is 5.66. The molecule has 1 rings (SSSR count). The quantitative estimate of drug-likeness (QED) is 0.784. The van der Waals surface area contributed by atoms with Crippen LogP contribution in [-0.4, -0.2) is 29.2 Å². The minimum atomic E-state index is -0.265. The maximum absolute atomic E-state index is 5.66. The Morgan fingerprint density at radius 3 is 2.71 bits per heavy atom. The number of hydrogen-bond donors (Lipinski definition) is 2. The topological polar surface area (TPSA) is 60.2 Å². The van der Waals surface area contributed by atoms with Crippen LogP contribution in [0.2, 0.25) is 0 Å². The summed E-state index contributed by atoms with van der Waals surface area (Å²) < 4.78 is 5.34. The molecule has 1 aromatic rings. The molecule has 17 heavy (non-hydrogen) atoms. The number of nitrogens with one attached hydrogen (secondary N) is 1. The summed E-state index contributed by atoms with van der Waals surface area (Å²) >= 11 is 5.00. The third-order valence-electron chi connectivity index (χ3n) is 2.53. The fraction of sp³-hybridized carbons (Fsp3) is 0.500. The van der Waals surface area contributed by atoms with E-state index >= 15 is 0 Å². The van der Waals surface area contributed by atoms with Gasteiger partial charge in [0.25, 0.3) is 0 Å². The minimum absolute atomic E-state index is 0.265. The van der Waals surface area contributed by atoms with Crippen molar-refractivity contribution in [3.05, 3.63) is 23.4 Å². The van der Waals surface area contributed by atoms with E-state index in [0.29, 0.717) is 17.4 Å². The van der Waals surface area contributed by atoms with Gasteiger partial charge in [-0.2, -0.15) is 0 Å². The fourth-order valence-electron chi connectivity index (χ4n) is 1.26. The van der Waals surface area contributed by atoms with Crippen molar-refractivity contribution in [1.82, 2.24) is 4.98 Å². The number of methoxy groups -OCH3 is 1. The van der Waals surface area contributed by atoms with E-state index in [1.807, 2.05) is 32.9 Å². The first-order chi connectivity index (χ1) is 7.85. The molecule has 0 radical (unpaired) electrons. The molecule has 0 atom stereocenters. The van der Waals surface area contributed by atoms with E-state index in [0.717, 1.165) is 11.3 Å². The number of aryl methyl sites for hydroxylation is 1. The Labute approximate surface area is 108 Å². The lowest BCUT2D eigenvalue weighted by molar-refractivity contribution is 0.0343. The average Bonchev–Trinajstić information content (AvgIpc) is 2.26. The second-order valence-electron chi connectivity index (χ2n) is 4.53. The molecule has 94 valence electrons. The van der Waals surface area contributed by atoms with Gasteiger partial charge in [-0.05, 0) is 32.9 Å². The predicted octanol–water partition coefficient (Wildman–Crippen LogP) is 1.86. The number of pyridine rings is 1. The second kappa shape index (κ2) is 5.42. The monoisotopic (exact) mass is 253 g/mol. The van der Waals surface area contributed by atoms with Crippen molar-refractivity contribution in [2.24, 2.45) is 5.73 Å². The Balaban J connectivity index is 2.89. The largest absolute Gasteiger partial charge is 0.389 e. The van der Waals surface area contributed by atoms with Crippen LogP contribution in [0.5, 0.6) is 0 Å². The lowest BCUT2D eigenvalue weighted by Gasteiger charge is -2.24. The summed E-state index contributed by atoms with van der Waals surface area (Å²) in [5.74, 6) is 0.711. The number of aromatic nitrogens is 1. The van der Waals surface area contributed by atoms with Gasteiger partial charge in [0.15, 0.2) is 0 Å². The number of ether oxygens (including phenoxy) is 1. The van der Waals surface area contributed by atoms with Gasteiger partial charge in [0, 0.05) is 19.3 Å². The summed E-state index contributed by atoms with van der Waals surface area (Å²) in [4.78, 5) is 4.74. The third-order valence-corrected chi connectivity index (χ3v) is 2.75. The van der Waals surface area contributed by atoms with Crippen molar-refractivity contribution in [2.45, 2.75) is 26.4 Å². The van der Waals surface area contributed by atoms with Crippen LogP contribution in [0.4, 0.5) is 5.82 Å². The van der Waals surface area contributed by atoms with Crippen LogP contribution in [-0.2, 0) is 4.74 Å². The maximum Gasteiger partial charge on any atom is 0.136 e. The molecular weight excluding hydrogens is 234 g/mol. The van der Waals surface area contributed by atoms with Crippen molar-refractivity contribution in [1.29, 1.82) is 0 Å². The smallest absolute Gasteiger partial charge is 0.136 e. The Kier molecular flexibility index (Phi) is 4.42. The van der Waals surface area contributed by atoms with Crippen LogP contribution in [0.3, 0.4) is 0 Å². The van der Waals surface area contributed by atoms with E-state index in [-0.39, 0.29) is 5.60 Å². The molecule has 0 aromatic carbocycles. The fourth-order valence-corrected chi connectivity index (χ4v) is 1.42. The second-order valence-corrected chi connectivity index (χ2v) is 4.97. The van der Waals surface area contributed by atoms with Gasteiger partial charge in [-0.3, -0.25) is 0 Å². The molecule has 1 heterocycles. The molecular formula is C12H19N3OS. The molecule has 5 heteroatoms. The van der Waals surface area contributed by atoms with E-state index < -0.39 is 0 Å². The zero-order chi connectivity index (χ0) is 13.1. The van der Waals surface area contributed by atoms with E-state index in [9.17, 15) is 0 Å². The highest BCUT2D eigenvalue weighted by molar-refractivity contribution is 7.80. The number of nitrogens with two attached hydrogens (primary N) is 1. The van der Waals surface area contributed by atoms with Gasteiger partial charge in [0.1, 0.15) is 10.8 Å². The number of rotatable bonds is 5. The Bertz CT molecular complexity index is 418. The van der Waals surface area contributed by atoms with Crippen LogP contribution >= 0.6 is 12.2 Å². The minimum Gasteiger partial charge on any atom is -0.389 e. The molecule has 0 amide bonds. The molecule has 0 unspecified atom stereocenters. The van der Waals surface area contributed by atoms with Crippen LogP contribution in [0, 0.1) is 6.92 Å². The molecule has 0 aliphatic rings. The Morgan fingerprint density at radius 1 is 1.53 bits per heavy atom. The SMILES string of the molecule is COC(C)(C)CNc1nc(C)ccc1C(N)=S. The molecule has 0 saturated carbocycles. The van der Waals surface area contributed by atoms with Gasteiger partial charge in [0.2, 0.25) is 0 Å². The van der Waals surface area contributed by atoms with Crippen molar-refractivity contribution in [3.8, 4) is 0 Å². The first-order valence-electron chi connectivity index (χ1n) is 5.42. The zero-order valence-corrected chi connectivity index (χ0v) is 11.5. The van der Waals surface area contributed by atoms with Gasteiger partial charge < -0.3 is 15.8 Å². The van der Waals surface area contributed by atoms with Crippen molar-refractivity contribution < 1.29 is 4.74 Å². The predicted molar refractivity (Wildman–Crippen MR) is 74.4 cm³/mol. The molecule has 3 N–H and O–H groups in total. The van der Waals surface area contributed by atoms with Crippen molar-refractivity contribution in [2.75, 3.05) is 19.0 Å². The Hall–Kier alpha value is -1.20. The molecule has 0 aliphatic carbocycles. The summed E-state index contributed by atoms with van der Waals surface area (Å²) in [5.41, 5.74) is 7.07. The highest BCUT2D eigenvalue weighted by Gasteiger charge is 2.17. The molecule has 1 aromatic heterocycles. The number of hydrogen-bond acceptors (Lipinski definition) is 4. The standard InChI is InChI=1S/C12H19N3OS/c1-8-5-6-9(10(13)17)11(15-8)14-7-12(2,3)16-4/h5-6H,7H2,1-4H3,(H2,13,17)(H,14,15). The van der Waals surface area contributed by atoms with Gasteiger partial charge in [-0.15, -0.1) is 0 Å². The van der Waals surface area contributed by atoms with E-state index in [1.165, 1.54) is 0 Å². The van der Waals surface area contributed by atoms with E-state index in [2.05, 4.69) is 10.3 Å². The molecule has 0 bridgehead atoms. The molecule has 0 spiro atoms. The lowest BCUT2D eigenvalue weighted by atomic mass is 10.1. The third kappa shape index (κ3) is 3.94. The summed E-state index contributed by atoms with van der Waals surface area (Å²) in [6, 6.07) is 3.77. The summed E-state index contributed by atoms with van der Waals surface area (Å²) in [5, 5.41) is 3.22. The number of thiocarbonyl (C=S) groups is 1. The zero-order valence-electron chi connectivity index (χ0n) is 10.7.